The van der Waals surface area contributed by atoms with Crippen molar-refractivity contribution >= 4 is 35.6 Å². The van der Waals surface area contributed by atoms with E-state index in [1.165, 1.54) is 13.2 Å². The lowest BCUT2D eigenvalue weighted by molar-refractivity contribution is -0.137. The zero-order valence-electron chi connectivity index (χ0n) is 15.1. The molecule has 0 amide bonds. The molecule has 2 aromatic rings. The molecule has 0 unspecified atom stereocenters. The van der Waals surface area contributed by atoms with Crippen LogP contribution in [0.3, 0.4) is 0 Å². The van der Waals surface area contributed by atoms with Crippen LogP contribution in [0.5, 0.6) is 11.5 Å². The fraction of sp³-hybridized carbons (Fsp3) is 0.278. The third kappa shape index (κ3) is 6.49. The van der Waals surface area contributed by atoms with Crippen LogP contribution in [0.25, 0.3) is 0 Å². The molecule has 2 N–H and O–H groups in total. The third-order valence-corrected chi connectivity index (χ3v) is 3.58. The summed E-state index contributed by atoms with van der Waals surface area (Å²) in [6, 6.07) is 10.4. The highest BCUT2D eigenvalue weighted by Crippen LogP contribution is 2.30. The predicted octanol–water partition coefficient (Wildman–Crippen LogP) is 4.53. The lowest BCUT2D eigenvalue weighted by Crippen LogP contribution is -2.30. The van der Waals surface area contributed by atoms with Gasteiger partial charge in [-0.15, -0.1) is 24.0 Å². The Morgan fingerprint density at radius 1 is 1.04 bits per heavy atom. The van der Waals surface area contributed by atoms with Crippen LogP contribution in [-0.2, 0) is 12.7 Å². The first-order chi connectivity index (χ1) is 12.4. The lowest BCUT2D eigenvalue weighted by atomic mass is 10.1. The van der Waals surface area contributed by atoms with Gasteiger partial charge < -0.3 is 20.1 Å². The van der Waals surface area contributed by atoms with Gasteiger partial charge in [-0.1, -0.05) is 12.1 Å². The van der Waals surface area contributed by atoms with Gasteiger partial charge in [0.1, 0.15) is 0 Å². The Labute approximate surface area is 173 Å². The molecule has 2 rings (SSSR count). The number of anilines is 1. The molecular formula is C18H21F3IN3O2. The van der Waals surface area contributed by atoms with Crippen molar-refractivity contribution in [2.45, 2.75) is 12.7 Å². The molecule has 0 atom stereocenters. The topological polar surface area (TPSA) is 54.9 Å². The predicted molar refractivity (Wildman–Crippen MR) is 110 cm³/mol. The number of hydrogen-bond acceptors (Lipinski definition) is 3. The van der Waals surface area contributed by atoms with Crippen molar-refractivity contribution in [3.63, 3.8) is 0 Å². The number of nitrogens with one attached hydrogen (secondary N) is 2. The summed E-state index contributed by atoms with van der Waals surface area (Å²) < 4.78 is 48.7. The molecule has 0 aliphatic heterocycles. The van der Waals surface area contributed by atoms with Crippen molar-refractivity contribution in [3.05, 3.63) is 53.6 Å². The van der Waals surface area contributed by atoms with Gasteiger partial charge in [-0.05, 0) is 29.8 Å². The summed E-state index contributed by atoms with van der Waals surface area (Å²) in [7, 11) is 4.64. The highest BCUT2D eigenvalue weighted by Gasteiger charge is 2.30. The molecule has 0 bridgehead atoms. The summed E-state index contributed by atoms with van der Waals surface area (Å²) in [5.74, 6) is 1.55. The van der Waals surface area contributed by atoms with Crippen molar-refractivity contribution in [1.29, 1.82) is 0 Å². The highest BCUT2D eigenvalue weighted by molar-refractivity contribution is 14.0. The number of halogens is 4. The molecule has 0 spiro atoms. The van der Waals surface area contributed by atoms with Crippen molar-refractivity contribution < 1.29 is 22.6 Å². The van der Waals surface area contributed by atoms with Crippen LogP contribution >= 0.6 is 24.0 Å². The van der Waals surface area contributed by atoms with Gasteiger partial charge in [0.25, 0.3) is 0 Å². The largest absolute Gasteiger partial charge is 0.493 e. The Morgan fingerprint density at radius 3 is 2.33 bits per heavy atom. The van der Waals surface area contributed by atoms with E-state index in [2.05, 4.69) is 15.6 Å². The summed E-state index contributed by atoms with van der Waals surface area (Å²) in [6.07, 6.45) is -4.37. The molecule has 0 saturated carbocycles. The van der Waals surface area contributed by atoms with Crippen molar-refractivity contribution in [2.75, 3.05) is 26.6 Å². The van der Waals surface area contributed by atoms with Gasteiger partial charge >= 0.3 is 6.18 Å². The minimum atomic E-state index is -4.37. The second kappa shape index (κ2) is 10.2. The van der Waals surface area contributed by atoms with E-state index < -0.39 is 11.7 Å². The normalized spacial score (nSPS) is 11.4. The average Bonchev–Trinajstić information content (AvgIpc) is 2.64. The Kier molecular flexibility index (Phi) is 8.67. The van der Waals surface area contributed by atoms with Crippen molar-refractivity contribution in [3.8, 4) is 11.5 Å². The summed E-state index contributed by atoms with van der Waals surface area (Å²) >= 11 is 0. The third-order valence-electron chi connectivity index (χ3n) is 3.58. The Morgan fingerprint density at radius 2 is 1.74 bits per heavy atom. The van der Waals surface area contributed by atoms with Crippen LogP contribution in [0.1, 0.15) is 11.1 Å². The lowest BCUT2D eigenvalue weighted by Gasteiger charge is -2.14. The molecule has 5 nitrogen and oxygen atoms in total. The number of rotatable bonds is 5. The maximum absolute atomic E-state index is 12.8. The van der Waals surface area contributed by atoms with E-state index in [1.807, 2.05) is 0 Å². The molecular weight excluding hydrogens is 474 g/mol. The maximum atomic E-state index is 12.8. The number of aliphatic imine (C=N–C) groups is 1. The molecule has 148 valence electrons. The van der Waals surface area contributed by atoms with Gasteiger partial charge in [-0.2, -0.15) is 13.2 Å². The number of nitrogens with zero attached hydrogens (tertiary/aromatic N) is 1. The van der Waals surface area contributed by atoms with E-state index in [-0.39, 0.29) is 30.5 Å². The SMILES string of the molecule is CN=C(NCc1cccc(C(F)(F)F)c1)Nc1ccc(OC)c(OC)c1.I. The number of hydrogen-bond donors (Lipinski definition) is 2. The molecule has 2 aromatic carbocycles. The van der Waals surface area contributed by atoms with Crippen LogP contribution < -0.4 is 20.1 Å². The number of benzene rings is 2. The Balaban J connectivity index is 0.00000364. The zero-order valence-corrected chi connectivity index (χ0v) is 17.4. The first-order valence-electron chi connectivity index (χ1n) is 7.73. The smallest absolute Gasteiger partial charge is 0.416 e. The molecule has 0 heterocycles. The molecule has 0 radical (unpaired) electrons. The van der Waals surface area contributed by atoms with E-state index in [0.717, 1.165) is 12.1 Å². The fourth-order valence-corrected chi connectivity index (χ4v) is 2.27. The monoisotopic (exact) mass is 495 g/mol. The number of methoxy groups -OCH3 is 2. The molecule has 0 aromatic heterocycles. The minimum absolute atomic E-state index is 0. The van der Waals surface area contributed by atoms with Crippen LogP contribution in [0, 0.1) is 0 Å². The van der Waals surface area contributed by atoms with Crippen LogP contribution in [-0.4, -0.2) is 27.2 Å². The second-order valence-electron chi connectivity index (χ2n) is 5.32. The van der Waals surface area contributed by atoms with E-state index in [4.69, 9.17) is 9.47 Å². The zero-order chi connectivity index (χ0) is 19.2. The van der Waals surface area contributed by atoms with E-state index >= 15 is 0 Å². The number of alkyl halides is 3. The molecule has 9 heteroatoms. The van der Waals surface area contributed by atoms with Crippen LogP contribution in [0.4, 0.5) is 18.9 Å². The van der Waals surface area contributed by atoms with Gasteiger partial charge in [0.2, 0.25) is 0 Å². The molecule has 0 aliphatic rings. The summed E-state index contributed by atoms with van der Waals surface area (Å²) in [4.78, 5) is 4.07. The van der Waals surface area contributed by atoms with Crippen molar-refractivity contribution in [2.24, 2.45) is 4.99 Å². The molecule has 0 saturated heterocycles. The quantitative estimate of drug-likeness (QED) is 0.364. The second-order valence-corrected chi connectivity index (χ2v) is 5.32. The van der Waals surface area contributed by atoms with Crippen LogP contribution in [0.2, 0.25) is 0 Å². The standard InChI is InChI=1S/C18H20F3N3O2.HI/c1-22-17(24-14-7-8-15(25-2)16(10-14)26-3)23-11-12-5-4-6-13(9-12)18(19,20)21;/h4-10H,11H2,1-3H3,(H2,22,23,24);1H. The van der Waals surface area contributed by atoms with Gasteiger partial charge in [0, 0.05) is 25.3 Å². The van der Waals surface area contributed by atoms with E-state index in [0.29, 0.717) is 28.7 Å². The van der Waals surface area contributed by atoms with Gasteiger partial charge in [0.15, 0.2) is 17.5 Å². The van der Waals surface area contributed by atoms with Crippen LogP contribution in [0.15, 0.2) is 47.5 Å². The summed E-state index contributed by atoms with van der Waals surface area (Å²) in [5.41, 5.74) is 0.509. The summed E-state index contributed by atoms with van der Waals surface area (Å²) in [5, 5.41) is 6.03. The first kappa shape index (κ1) is 22.9. The van der Waals surface area contributed by atoms with Gasteiger partial charge in [-0.25, -0.2) is 0 Å². The van der Waals surface area contributed by atoms with E-state index in [1.54, 1.807) is 38.4 Å². The molecule has 27 heavy (non-hydrogen) atoms. The first-order valence-corrected chi connectivity index (χ1v) is 7.73. The molecule has 0 aliphatic carbocycles. The molecule has 0 fully saturated rings. The number of guanidine groups is 1. The van der Waals surface area contributed by atoms with Gasteiger partial charge in [-0.3, -0.25) is 4.99 Å². The minimum Gasteiger partial charge on any atom is -0.493 e. The van der Waals surface area contributed by atoms with Crippen molar-refractivity contribution in [1.82, 2.24) is 5.32 Å². The Bertz CT molecular complexity index is 783. The summed E-state index contributed by atoms with van der Waals surface area (Å²) in [6.45, 7) is 0.191. The fourth-order valence-electron chi connectivity index (χ4n) is 2.27. The van der Waals surface area contributed by atoms with E-state index in [9.17, 15) is 13.2 Å². The number of ether oxygens (including phenoxy) is 2. The Hall–Kier alpha value is -2.17. The van der Waals surface area contributed by atoms with Gasteiger partial charge in [0.05, 0.1) is 19.8 Å². The maximum Gasteiger partial charge on any atom is 0.416 e. The average molecular weight is 495 g/mol. The highest BCUT2D eigenvalue weighted by atomic mass is 127.